The summed E-state index contributed by atoms with van der Waals surface area (Å²) in [7, 11) is 2.14. The van der Waals surface area contributed by atoms with Crippen LogP contribution in [0.4, 0.5) is 0 Å². The van der Waals surface area contributed by atoms with Gasteiger partial charge in [0.25, 0.3) is 0 Å². The lowest BCUT2D eigenvalue weighted by Gasteiger charge is -2.34. The zero-order valence-electron chi connectivity index (χ0n) is 11.9. The van der Waals surface area contributed by atoms with Crippen molar-refractivity contribution in [3.8, 4) is 0 Å². The van der Waals surface area contributed by atoms with E-state index in [-0.39, 0.29) is 36.3 Å². The van der Waals surface area contributed by atoms with Gasteiger partial charge in [0.05, 0.1) is 5.54 Å². The number of carbonyl (C=O) groups is 1. The molecule has 2 heterocycles. The molecule has 6 heteroatoms. The minimum Gasteiger partial charge on any atom is -0.353 e. The fourth-order valence-corrected chi connectivity index (χ4v) is 2.89. The van der Waals surface area contributed by atoms with E-state index in [0.717, 1.165) is 32.5 Å². The van der Waals surface area contributed by atoms with Gasteiger partial charge in [-0.1, -0.05) is 0 Å². The van der Waals surface area contributed by atoms with E-state index in [2.05, 4.69) is 22.6 Å². The summed E-state index contributed by atoms with van der Waals surface area (Å²) in [5.74, 6) is 0.178. The van der Waals surface area contributed by atoms with Gasteiger partial charge in [-0.25, -0.2) is 0 Å². The van der Waals surface area contributed by atoms with Crippen molar-refractivity contribution in [2.45, 2.75) is 50.6 Å². The molecule has 2 aliphatic heterocycles. The Labute approximate surface area is 128 Å². The number of nitrogens with one attached hydrogen (secondary N) is 2. The predicted molar refractivity (Wildman–Crippen MR) is 83.4 cm³/mol. The van der Waals surface area contributed by atoms with Crippen LogP contribution in [0, 0.1) is 0 Å². The number of piperidine rings is 1. The maximum Gasteiger partial charge on any atom is 0.240 e. The molecule has 2 N–H and O–H groups in total. The third kappa shape index (κ3) is 4.78. The second-order valence-electron chi connectivity index (χ2n) is 5.70. The van der Waals surface area contributed by atoms with E-state index in [0.29, 0.717) is 6.04 Å². The standard InChI is InChI=1S/C13H25N3O.2ClH/c1-13(7-3-4-8-15-13)12(17)14-10-11-6-5-9-16(11)2;;/h11,15H,3-10H2,1-2H3,(H,14,17);2*1H. The number of hydrogen-bond acceptors (Lipinski definition) is 3. The van der Waals surface area contributed by atoms with Crippen molar-refractivity contribution in [1.82, 2.24) is 15.5 Å². The molecule has 0 spiro atoms. The number of nitrogens with zero attached hydrogens (tertiary/aromatic N) is 1. The van der Waals surface area contributed by atoms with Crippen molar-refractivity contribution < 1.29 is 4.79 Å². The van der Waals surface area contributed by atoms with Crippen LogP contribution in [-0.4, -0.2) is 49.1 Å². The maximum absolute atomic E-state index is 12.2. The molecule has 2 atom stereocenters. The van der Waals surface area contributed by atoms with Crippen LogP contribution in [0.1, 0.15) is 39.0 Å². The molecule has 114 valence electrons. The van der Waals surface area contributed by atoms with Crippen LogP contribution >= 0.6 is 24.8 Å². The number of carbonyl (C=O) groups excluding carboxylic acids is 1. The monoisotopic (exact) mass is 311 g/mol. The average molecular weight is 312 g/mol. The smallest absolute Gasteiger partial charge is 0.240 e. The van der Waals surface area contributed by atoms with Crippen LogP contribution < -0.4 is 10.6 Å². The molecule has 0 aromatic rings. The summed E-state index contributed by atoms with van der Waals surface area (Å²) in [6.07, 6.45) is 5.77. The Morgan fingerprint density at radius 3 is 2.63 bits per heavy atom. The molecule has 0 saturated carbocycles. The van der Waals surface area contributed by atoms with Crippen molar-refractivity contribution in [3.63, 3.8) is 0 Å². The van der Waals surface area contributed by atoms with Gasteiger partial charge >= 0.3 is 0 Å². The van der Waals surface area contributed by atoms with Gasteiger partial charge in [-0.15, -0.1) is 24.8 Å². The topological polar surface area (TPSA) is 44.4 Å². The summed E-state index contributed by atoms with van der Waals surface area (Å²) in [5, 5.41) is 6.48. The number of halogens is 2. The molecule has 0 aromatic heterocycles. The van der Waals surface area contributed by atoms with Crippen LogP contribution in [0.25, 0.3) is 0 Å². The first-order chi connectivity index (χ1) is 8.12. The first-order valence-electron chi connectivity index (χ1n) is 6.85. The predicted octanol–water partition coefficient (Wildman–Crippen LogP) is 1.57. The van der Waals surface area contributed by atoms with Crippen molar-refractivity contribution in [1.29, 1.82) is 0 Å². The molecule has 2 saturated heterocycles. The van der Waals surface area contributed by atoms with E-state index in [1.807, 2.05) is 6.92 Å². The lowest BCUT2D eigenvalue weighted by molar-refractivity contribution is -0.128. The van der Waals surface area contributed by atoms with Gasteiger partial charge in [0.1, 0.15) is 0 Å². The van der Waals surface area contributed by atoms with Crippen molar-refractivity contribution >= 4 is 30.7 Å². The highest BCUT2D eigenvalue weighted by Crippen LogP contribution is 2.19. The van der Waals surface area contributed by atoms with Gasteiger partial charge < -0.3 is 15.5 Å². The first kappa shape index (κ1) is 19.0. The van der Waals surface area contributed by atoms with E-state index in [1.165, 1.54) is 19.3 Å². The second-order valence-corrected chi connectivity index (χ2v) is 5.70. The second kappa shape index (κ2) is 8.30. The van der Waals surface area contributed by atoms with Gasteiger partial charge in [0.2, 0.25) is 5.91 Å². The van der Waals surface area contributed by atoms with Crippen LogP contribution in [0.2, 0.25) is 0 Å². The quantitative estimate of drug-likeness (QED) is 0.831. The third-order valence-corrected chi connectivity index (χ3v) is 4.29. The number of rotatable bonds is 3. The fourth-order valence-electron chi connectivity index (χ4n) is 2.89. The lowest BCUT2D eigenvalue weighted by Crippen LogP contribution is -2.58. The fraction of sp³-hybridized carbons (Fsp3) is 0.923. The summed E-state index contributed by atoms with van der Waals surface area (Å²) in [4.78, 5) is 14.5. The lowest BCUT2D eigenvalue weighted by atomic mass is 9.90. The molecule has 0 bridgehead atoms. The van der Waals surface area contributed by atoms with Gasteiger partial charge in [-0.05, 0) is 59.2 Å². The number of likely N-dealkylation sites (N-methyl/N-ethyl adjacent to an activating group) is 1. The Hall–Kier alpha value is -0.0300. The van der Waals surface area contributed by atoms with Gasteiger partial charge in [0.15, 0.2) is 0 Å². The molecular weight excluding hydrogens is 285 g/mol. The summed E-state index contributed by atoms with van der Waals surface area (Å²) in [5.41, 5.74) is -0.338. The number of likely N-dealkylation sites (tertiary alicyclic amines) is 1. The van der Waals surface area contributed by atoms with Gasteiger partial charge in [-0.2, -0.15) is 0 Å². The molecular formula is C13H27Cl2N3O. The largest absolute Gasteiger partial charge is 0.353 e. The molecule has 2 unspecified atom stereocenters. The highest BCUT2D eigenvalue weighted by atomic mass is 35.5. The van der Waals surface area contributed by atoms with E-state index in [1.54, 1.807) is 0 Å². The Morgan fingerprint density at radius 1 is 1.37 bits per heavy atom. The Bertz CT molecular complexity index is 283. The van der Waals surface area contributed by atoms with E-state index >= 15 is 0 Å². The van der Waals surface area contributed by atoms with Gasteiger partial charge in [-0.3, -0.25) is 4.79 Å². The normalized spacial score (nSPS) is 31.2. The summed E-state index contributed by atoms with van der Waals surface area (Å²) in [6.45, 7) is 4.95. The Kier molecular flexibility index (Phi) is 8.29. The Morgan fingerprint density at radius 2 is 2.11 bits per heavy atom. The molecule has 1 amide bonds. The molecule has 0 radical (unpaired) electrons. The first-order valence-corrected chi connectivity index (χ1v) is 6.85. The van der Waals surface area contributed by atoms with Crippen molar-refractivity contribution in [3.05, 3.63) is 0 Å². The summed E-state index contributed by atoms with van der Waals surface area (Å²) in [6, 6.07) is 0.533. The highest BCUT2D eigenvalue weighted by molar-refractivity contribution is 5.86. The van der Waals surface area contributed by atoms with Gasteiger partial charge in [0, 0.05) is 12.6 Å². The third-order valence-electron chi connectivity index (χ3n) is 4.29. The Balaban J connectivity index is 0.00000162. The minimum absolute atomic E-state index is 0. The SMILES string of the molecule is CN1CCCC1CNC(=O)C1(C)CCCCN1.Cl.Cl. The molecule has 2 fully saturated rings. The average Bonchev–Trinajstić information content (AvgIpc) is 2.73. The maximum atomic E-state index is 12.2. The van der Waals surface area contributed by atoms with Crippen LogP contribution in [-0.2, 0) is 4.79 Å². The summed E-state index contributed by atoms with van der Waals surface area (Å²) >= 11 is 0. The number of hydrogen-bond donors (Lipinski definition) is 2. The molecule has 2 rings (SSSR count). The molecule has 4 nitrogen and oxygen atoms in total. The highest BCUT2D eigenvalue weighted by Gasteiger charge is 2.34. The van der Waals surface area contributed by atoms with Crippen LogP contribution in [0.15, 0.2) is 0 Å². The van der Waals surface area contributed by atoms with E-state index in [9.17, 15) is 4.79 Å². The molecule has 19 heavy (non-hydrogen) atoms. The summed E-state index contributed by atoms with van der Waals surface area (Å²) < 4.78 is 0. The van der Waals surface area contributed by atoms with Crippen LogP contribution in [0.5, 0.6) is 0 Å². The molecule has 0 aromatic carbocycles. The van der Waals surface area contributed by atoms with Crippen LogP contribution in [0.3, 0.4) is 0 Å². The molecule has 0 aliphatic carbocycles. The van der Waals surface area contributed by atoms with Crippen molar-refractivity contribution in [2.24, 2.45) is 0 Å². The zero-order valence-corrected chi connectivity index (χ0v) is 13.5. The number of amides is 1. The molecule has 2 aliphatic rings. The zero-order chi connectivity index (χ0) is 12.3. The van der Waals surface area contributed by atoms with Crippen molar-refractivity contribution in [2.75, 3.05) is 26.7 Å². The van der Waals surface area contributed by atoms with E-state index in [4.69, 9.17) is 0 Å². The van der Waals surface area contributed by atoms with E-state index < -0.39 is 0 Å². The minimum atomic E-state index is -0.338.